The van der Waals surface area contributed by atoms with E-state index in [1.54, 1.807) is 36.7 Å². The van der Waals surface area contributed by atoms with Gasteiger partial charge in [-0.3, -0.25) is 9.78 Å². The largest absolute Gasteiger partial charge is 0.489 e. The minimum absolute atomic E-state index is 0.125. The molecule has 0 spiro atoms. The van der Waals surface area contributed by atoms with Crippen LogP contribution in [0.4, 0.5) is 0 Å². The number of amides is 1. The number of hydrogen-bond acceptors (Lipinski definition) is 4. The van der Waals surface area contributed by atoms with Crippen LogP contribution in [0.3, 0.4) is 0 Å². The molecule has 0 saturated heterocycles. The van der Waals surface area contributed by atoms with E-state index in [1.165, 1.54) is 0 Å². The van der Waals surface area contributed by atoms with Crippen molar-refractivity contribution in [1.29, 1.82) is 0 Å². The summed E-state index contributed by atoms with van der Waals surface area (Å²) in [6, 6.07) is 28.7. The summed E-state index contributed by atoms with van der Waals surface area (Å²) in [5.74, 6) is 1.43. The Balaban J connectivity index is 1.23. The maximum atomic E-state index is 12.5. The van der Waals surface area contributed by atoms with Crippen molar-refractivity contribution in [3.63, 3.8) is 0 Å². The summed E-state index contributed by atoms with van der Waals surface area (Å²) in [6.07, 6.45) is 3.50. The first-order chi connectivity index (χ1) is 15.8. The fraction of sp³-hybridized carbons (Fsp3) is 0.111. The summed E-state index contributed by atoms with van der Waals surface area (Å²) >= 11 is 0. The third kappa shape index (κ3) is 6.19. The molecule has 0 bridgehead atoms. The number of ether oxygens (including phenoxy) is 2. The van der Waals surface area contributed by atoms with E-state index in [-0.39, 0.29) is 5.91 Å². The van der Waals surface area contributed by atoms with Gasteiger partial charge in [0.25, 0.3) is 5.91 Å². The lowest BCUT2D eigenvalue weighted by atomic mass is 10.1. The van der Waals surface area contributed by atoms with Crippen molar-refractivity contribution in [2.45, 2.75) is 19.8 Å². The molecule has 3 aromatic carbocycles. The van der Waals surface area contributed by atoms with Crippen LogP contribution in [0, 0.1) is 0 Å². The number of nitrogens with one attached hydrogen (secondary N) is 1. The molecule has 4 aromatic rings. The van der Waals surface area contributed by atoms with Crippen LogP contribution in [0.15, 0.2) is 103 Å². The number of nitrogens with zero attached hydrogens (tertiary/aromatic N) is 1. The molecule has 1 N–H and O–H groups in total. The molecule has 1 amide bonds. The van der Waals surface area contributed by atoms with Crippen molar-refractivity contribution < 1.29 is 14.3 Å². The highest BCUT2D eigenvalue weighted by molar-refractivity contribution is 5.94. The lowest BCUT2D eigenvalue weighted by Gasteiger charge is -2.09. The van der Waals surface area contributed by atoms with Gasteiger partial charge in [-0.1, -0.05) is 48.5 Å². The molecule has 1 heterocycles. The maximum absolute atomic E-state index is 12.5. The smallest absolute Gasteiger partial charge is 0.251 e. The Bertz CT molecular complexity index is 1110. The van der Waals surface area contributed by atoms with Crippen molar-refractivity contribution in [3.05, 3.63) is 126 Å². The molecule has 32 heavy (non-hydrogen) atoms. The van der Waals surface area contributed by atoms with Crippen molar-refractivity contribution >= 4 is 5.91 Å². The molecule has 160 valence electrons. The summed E-state index contributed by atoms with van der Waals surface area (Å²) in [7, 11) is 0. The van der Waals surface area contributed by atoms with Crippen LogP contribution in [0.2, 0.25) is 0 Å². The molecule has 1 aromatic heterocycles. The average molecular weight is 425 g/mol. The summed E-state index contributed by atoms with van der Waals surface area (Å²) in [5.41, 5.74) is 3.68. The molecule has 0 unspecified atom stereocenters. The molecule has 0 fully saturated rings. The lowest BCUT2D eigenvalue weighted by molar-refractivity contribution is 0.0951. The Kier molecular flexibility index (Phi) is 7.11. The topological polar surface area (TPSA) is 60.5 Å². The van der Waals surface area contributed by atoms with E-state index in [0.29, 0.717) is 31.1 Å². The number of carbonyl (C=O) groups excluding carboxylic acids is 1. The molecule has 0 aliphatic carbocycles. The number of rotatable bonds is 9. The standard InChI is InChI=1S/C27H24N2O3/c30-27(24-12-14-26(15-13-24)32-20-23-5-4-16-28-17-23)29-18-21-8-10-22(11-9-21)19-31-25-6-2-1-3-7-25/h1-17H,18-20H2,(H,29,30). The summed E-state index contributed by atoms with van der Waals surface area (Å²) in [5, 5.41) is 2.95. The van der Waals surface area contributed by atoms with Crippen LogP contribution < -0.4 is 14.8 Å². The predicted molar refractivity (Wildman–Crippen MR) is 123 cm³/mol. The Morgan fingerprint density at radius 2 is 1.34 bits per heavy atom. The van der Waals surface area contributed by atoms with Gasteiger partial charge in [-0.15, -0.1) is 0 Å². The van der Waals surface area contributed by atoms with Crippen molar-refractivity contribution in [2.75, 3.05) is 0 Å². The van der Waals surface area contributed by atoms with Crippen LogP contribution in [0.25, 0.3) is 0 Å². The fourth-order valence-electron chi connectivity index (χ4n) is 3.07. The highest BCUT2D eigenvalue weighted by Crippen LogP contribution is 2.15. The lowest BCUT2D eigenvalue weighted by Crippen LogP contribution is -2.22. The van der Waals surface area contributed by atoms with Gasteiger partial charge in [0.05, 0.1) is 0 Å². The molecule has 5 heteroatoms. The summed E-state index contributed by atoms with van der Waals surface area (Å²) in [4.78, 5) is 16.5. The molecule has 0 aliphatic rings. The molecule has 4 rings (SSSR count). The molecule has 0 radical (unpaired) electrons. The van der Waals surface area contributed by atoms with Crippen LogP contribution in [-0.2, 0) is 19.8 Å². The molecule has 5 nitrogen and oxygen atoms in total. The van der Waals surface area contributed by atoms with E-state index in [4.69, 9.17) is 9.47 Å². The van der Waals surface area contributed by atoms with Gasteiger partial charge in [0.2, 0.25) is 0 Å². The number of hydrogen-bond donors (Lipinski definition) is 1. The minimum atomic E-state index is -0.125. The number of aromatic nitrogens is 1. The zero-order valence-electron chi connectivity index (χ0n) is 17.6. The molecule has 0 aliphatic heterocycles. The van der Waals surface area contributed by atoms with Crippen LogP contribution in [-0.4, -0.2) is 10.9 Å². The number of para-hydroxylation sites is 1. The summed E-state index contributed by atoms with van der Waals surface area (Å²) in [6.45, 7) is 1.40. The third-order valence-electron chi connectivity index (χ3n) is 4.87. The Hall–Kier alpha value is -4.12. The number of pyridine rings is 1. The van der Waals surface area contributed by atoms with E-state index in [0.717, 1.165) is 22.4 Å². The van der Waals surface area contributed by atoms with Crippen LogP contribution in [0.1, 0.15) is 27.0 Å². The highest BCUT2D eigenvalue weighted by atomic mass is 16.5. The molecule has 0 atom stereocenters. The van der Waals surface area contributed by atoms with Crippen molar-refractivity contribution in [3.8, 4) is 11.5 Å². The van der Waals surface area contributed by atoms with Crippen LogP contribution >= 0.6 is 0 Å². The monoisotopic (exact) mass is 424 g/mol. The van der Waals surface area contributed by atoms with Gasteiger partial charge < -0.3 is 14.8 Å². The van der Waals surface area contributed by atoms with Crippen molar-refractivity contribution in [1.82, 2.24) is 10.3 Å². The highest BCUT2D eigenvalue weighted by Gasteiger charge is 2.06. The Labute approximate surface area is 187 Å². The van der Waals surface area contributed by atoms with Gasteiger partial charge in [0.1, 0.15) is 24.7 Å². The first kappa shape index (κ1) is 21.1. The average Bonchev–Trinajstić information content (AvgIpc) is 2.87. The van der Waals surface area contributed by atoms with E-state index in [1.807, 2.05) is 66.7 Å². The normalized spacial score (nSPS) is 10.4. The van der Waals surface area contributed by atoms with Gasteiger partial charge in [0.15, 0.2) is 0 Å². The second-order valence-electron chi connectivity index (χ2n) is 7.28. The van der Waals surface area contributed by atoms with Gasteiger partial charge in [-0.2, -0.15) is 0 Å². The predicted octanol–water partition coefficient (Wildman–Crippen LogP) is 5.17. The Morgan fingerprint density at radius 1 is 0.688 bits per heavy atom. The zero-order chi connectivity index (χ0) is 22.0. The van der Waals surface area contributed by atoms with E-state index >= 15 is 0 Å². The van der Waals surface area contributed by atoms with Gasteiger partial charge in [0, 0.05) is 30.1 Å². The second-order valence-corrected chi connectivity index (χ2v) is 7.28. The number of benzene rings is 3. The molecule has 0 saturated carbocycles. The quantitative estimate of drug-likeness (QED) is 0.403. The van der Waals surface area contributed by atoms with Gasteiger partial charge in [-0.05, 0) is 53.6 Å². The first-order valence-corrected chi connectivity index (χ1v) is 10.4. The maximum Gasteiger partial charge on any atom is 0.251 e. The van der Waals surface area contributed by atoms with Crippen LogP contribution in [0.5, 0.6) is 11.5 Å². The molecular weight excluding hydrogens is 400 g/mol. The fourth-order valence-corrected chi connectivity index (χ4v) is 3.07. The second kappa shape index (κ2) is 10.8. The summed E-state index contributed by atoms with van der Waals surface area (Å²) < 4.78 is 11.5. The van der Waals surface area contributed by atoms with E-state index < -0.39 is 0 Å². The number of carbonyl (C=O) groups is 1. The van der Waals surface area contributed by atoms with Gasteiger partial charge in [-0.25, -0.2) is 0 Å². The third-order valence-corrected chi connectivity index (χ3v) is 4.87. The van der Waals surface area contributed by atoms with Crippen molar-refractivity contribution in [2.24, 2.45) is 0 Å². The first-order valence-electron chi connectivity index (χ1n) is 10.4. The molecular formula is C27H24N2O3. The Morgan fingerprint density at radius 3 is 2.03 bits per heavy atom. The minimum Gasteiger partial charge on any atom is -0.489 e. The van der Waals surface area contributed by atoms with Gasteiger partial charge >= 0.3 is 0 Å². The zero-order valence-corrected chi connectivity index (χ0v) is 17.6. The van der Waals surface area contributed by atoms with E-state index in [9.17, 15) is 4.79 Å². The van der Waals surface area contributed by atoms with E-state index in [2.05, 4.69) is 10.3 Å². The SMILES string of the molecule is O=C(NCc1ccc(COc2ccccc2)cc1)c1ccc(OCc2cccnc2)cc1.